The second kappa shape index (κ2) is 17.9. The first kappa shape index (κ1) is 26.9. The van der Waals surface area contributed by atoms with E-state index in [4.69, 9.17) is 9.73 Å². The van der Waals surface area contributed by atoms with Gasteiger partial charge in [-0.05, 0) is 71.6 Å². The van der Waals surface area contributed by atoms with E-state index in [0.717, 1.165) is 57.6 Å². The van der Waals surface area contributed by atoms with Crippen molar-refractivity contribution >= 4 is 29.9 Å². The van der Waals surface area contributed by atoms with Gasteiger partial charge in [0, 0.05) is 46.4 Å². The molecule has 0 saturated carbocycles. The predicted octanol–water partition coefficient (Wildman–Crippen LogP) is 2.64. The number of piperidine rings is 1. The van der Waals surface area contributed by atoms with Crippen molar-refractivity contribution in [2.75, 3.05) is 73.1 Å². The van der Waals surface area contributed by atoms with Gasteiger partial charge < -0.3 is 25.2 Å². The molecule has 0 aromatic heterocycles. The Morgan fingerprint density at radius 2 is 1.89 bits per heavy atom. The summed E-state index contributed by atoms with van der Waals surface area (Å²) in [6, 6.07) is 0. The van der Waals surface area contributed by atoms with E-state index >= 15 is 0 Å². The van der Waals surface area contributed by atoms with Gasteiger partial charge in [0.15, 0.2) is 5.96 Å². The van der Waals surface area contributed by atoms with Gasteiger partial charge >= 0.3 is 0 Å². The molecule has 0 amide bonds. The quantitative estimate of drug-likeness (QED) is 0.177. The first-order valence-corrected chi connectivity index (χ1v) is 10.6. The van der Waals surface area contributed by atoms with Crippen molar-refractivity contribution in [3.05, 3.63) is 0 Å². The maximum Gasteiger partial charge on any atom is 0.191 e. The van der Waals surface area contributed by atoms with Gasteiger partial charge in [0.2, 0.25) is 0 Å². The van der Waals surface area contributed by atoms with Gasteiger partial charge in [-0.1, -0.05) is 6.92 Å². The molecule has 0 aromatic rings. The monoisotopic (exact) mass is 497 g/mol. The third-order valence-electron chi connectivity index (χ3n) is 5.05. The molecular weight excluding hydrogens is 453 g/mol. The molecule has 0 unspecified atom stereocenters. The summed E-state index contributed by atoms with van der Waals surface area (Å²) in [6.07, 6.45) is 6.23. The molecule has 1 heterocycles. The van der Waals surface area contributed by atoms with Crippen LogP contribution >= 0.6 is 24.0 Å². The van der Waals surface area contributed by atoms with Crippen LogP contribution in [0.15, 0.2) is 4.99 Å². The summed E-state index contributed by atoms with van der Waals surface area (Å²) >= 11 is 0. The van der Waals surface area contributed by atoms with Gasteiger partial charge in [-0.2, -0.15) is 0 Å². The van der Waals surface area contributed by atoms with Crippen LogP contribution in [0.3, 0.4) is 0 Å². The Kier molecular flexibility index (Phi) is 17.9. The third kappa shape index (κ3) is 14.5. The van der Waals surface area contributed by atoms with Gasteiger partial charge in [-0.25, -0.2) is 0 Å². The Balaban J connectivity index is 0.00000676. The van der Waals surface area contributed by atoms with E-state index in [1.54, 1.807) is 7.11 Å². The molecule has 1 rings (SSSR count). The highest BCUT2D eigenvalue weighted by atomic mass is 127. The summed E-state index contributed by atoms with van der Waals surface area (Å²) in [4.78, 5) is 9.66. The van der Waals surface area contributed by atoms with Crippen LogP contribution in [-0.4, -0.2) is 88.9 Å². The van der Waals surface area contributed by atoms with E-state index in [9.17, 15) is 0 Å². The third-order valence-corrected chi connectivity index (χ3v) is 5.05. The lowest BCUT2D eigenvalue weighted by Gasteiger charge is -2.30. The maximum atomic E-state index is 5.10. The van der Waals surface area contributed by atoms with Crippen LogP contribution in [0.25, 0.3) is 0 Å². The van der Waals surface area contributed by atoms with Crippen molar-refractivity contribution in [2.45, 2.75) is 46.0 Å². The minimum Gasteiger partial charge on any atom is -0.385 e. The Morgan fingerprint density at radius 1 is 1.15 bits per heavy atom. The zero-order valence-electron chi connectivity index (χ0n) is 18.1. The lowest BCUT2D eigenvalue weighted by Crippen LogP contribution is -2.41. The van der Waals surface area contributed by atoms with Crippen LogP contribution in [0.5, 0.6) is 0 Å². The van der Waals surface area contributed by atoms with Crippen molar-refractivity contribution in [1.82, 2.24) is 20.4 Å². The number of nitrogens with one attached hydrogen (secondary N) is 2. The summed E-state index contributed by atoms with van der Waals surface area (Å²) < 4.78 is 5.10. The number of rotatable bonds is 13. The fraction of sp³-hybridized carbons (Fsp3) is 0.950. The normalized spacial score (nSPS) is 16.4. The molecule has 0 spiro atoms. The van der Waals surface area contributed by atoms with Crippen LogP contribution in [0.1, 0.15) is 46.0 Å². The number of halogens is 1. The molecule has 0 aliphatic carbocycles. The second-order valence-electron chi connectivity index (χ2n) is 7.57. The zero-order valence-corrected chi connectivity index (χ0v) is 20.5. The smallest absolute Gasteiger partial charge is 0.191 e. The molecule has 1 aliphatic rings. The number of hydrogen-bond acceptors (Lipinski definition) is 4. The summed E-state index contributed by atoms with van der Waals surface area (Å²) in [5.41, 5.74) is 0. The number of likely N-dealkylation sites (tertiary alicyclic amines) is 1. The maximum absolute atomic E-state index is 5.10. The number of methoxy groups -OCH3 is 1. The molecule has 6 nitrogen and oxygen atoms in total. The number of likely N-dealkylation sites (N-methyl/N-ethyl adjacent to an activating group) is 1. The minimum atomic E-state index is 0. The van der Waals surface area contributed by atoms with Crippen molar-refractivity contribution in [2.24, 2.45) is 10.9 Å². The fourth-order valence-electron chi connectivity index (χ4n) is 3.22. The van der Waals surface area contributed by atoms with Crippen LogP contribution in [0.2, 0.25) is 0 Å². The van der Waals surface area contributed by atoms with Crippen LogP contribution < -0.4 is 10.6 Å². The number of aliphatic imine (C=N–C) groups is 1. The Labute approximate surface area is 184 Å². The van der Waals surface area contributed by atoms with Gasteiger partial charge in [0.05, 0.1) is 0 Å². The number of guanidine groups is 1. The molecule has 0 aromatic carbocycles. The van der Waals surface area contributed by atoms with Crippen LogP contribution in [0, 0.1) is 5.92 Å². The van der Waals surface area contributed by atoms with Gasteiger partial charge in [0.25, 0.3) is 0 Å². The van der Waals surface area contributed by atoms with Crippen molar-refractivity contribution < 1.29 is 4.74 Å². The molecule has 0 bridgehead atoms. The lowest BCUT2D eigenvalue weighted by atomic mass is 9.99. The van der Waals surface area contributed by atoms with E-state index < -0.39 is 0 Å². The van der Waals surface area contributed by atoms with Crippen LogP contribution in [-0.2, 0) is 4.74 Å². The van der Waals surface area contributed by atoms with E-state index in [-0.39, 0.29) is 24.0 Å². The molecule has 7 heteroatoms. The average Bonchev–Trinajstić information content (AvgIpc) is 2.63. The summed E-state index contributed by atoms with van der Waals surface area (Å²) in [7, 11) is 3.91. The molecule has 1 saturated heterocycles. The van der Waals surface area contributed by atoms with E-state index in [0.29, 0.717) is 0 Å². The van der Waals surface area contributed by atoms with Crippen molar-refractivity contribution in [3.8, 4) is 0 Å². The standard InChI is InChI=1S/C20H43N5O.HI/c1-5-21-20(23-12-17-24(3)13-8-18-26-4)22-11-6-7-14-25-15-9-19(2)10-16-25;/h19H,5-18H2,1-4H3,(H2,21,22,23);1H. The van der Waals surface area contributed by atoms with Crippen LogP contribution in [0.4, 0.5) is 0 Å². The van der Waals surface area contributed by atoms with Gasteiger partial charge in [0.1, 0.15) is 0 Å². The fourth-order valence-corrected chi connectivity index (χ4v) is 3.22. The van der Waals surface area contributed by atoms with E-state index in [2.05, 4.69) is 41.3 Å². The molecule has 2 N–H and O–H groups in total. The van der Waals surface area contributed by atoms with Gasteiger partial charge in [-0.15, -0.1) is 24.0 Å². The van der Waals surface area contributed by atoms with E-state index in [1.165, 1.54) is 45.3 Å². The predicted molar refractivity (Wildman–Crippen MR) is 127 cm³/mol. The second-order valence-corrected chi connectivity index (χ2v) is 7.57. The first-order chi connectivity index (χ1) is 12.7. The lowest BCUT2D eigenvalue weighted by molar-refractivity contribution is 0.180. The van der Waals surface area contributed by atoms with E-state index in [1.807, 2.05) is 0 Å². The zero-order chi connectivity index (χ0) is 19.0. The largest absolute Gasteiger partial charge is 0.385 e. The Morgan fingerprint density at radius 3 is 2.56 bits per heavy atom. The summed E-state index contributed by atoms with van der Waals surface area (Å²) in [5, 5.41) is 6.79. The highest BCUT2D eigenvalue weighted by Crippen LogP contribution is 2.16. The molecule has 162 valence electrons. The molecule has 0 radical (unpaired) electrons. The average molecular weight is 498 g/mol. The topological polar surface area (TPSA) is 52.1 Å². The SMILES string of the molecule is CCNC(=NCCCCN1CCC(C)CC1)NCCN(C)CCCOC.I. The number of nitrogens with zero attached hydrogens (tertiary/aromatic N) is 3. The highest BCUT2D eigenvalue weighted by molar-refractivity contribution is 14.0. The molecule has 27 heavy (non-hydrogen) atoms. The minimum absolute atomic E-state index is 0. The summed E-state index contributed by atoms with van der Waals surface area (Å²) in [5.74, 6) is 1.87. The first-order valence-electron chi connectivity index (χ1n) is 10.6. The molecular formula is C20H44IN5O. The number of ether oxygens (including phenoxy) is 1. The Hall–Kier alpha value is -0.120. The number of unbranched alkanes of at least 4 members (excludes halogenated alkanes) is 1. The van der Waals surface area contributed by atoms with Crippen molar-refractivity contribution in [1.29, 1.82) is 0 Å². The van der Waals surface area contributed by atoms with Crippen molar-refractivity contribution in [3.63, 3.8) is 0 Å². The van der Waals surface area contributed by atoms with Gasteiger partial charge in [-0.3, -0.25) is 4.99 Å². The molecule has 1 fully saturated rings. The number of hydrogen-bond donors (Lipinski definition) is 2. The Bertz CT molecular complexity index is 362. The summed E-state index contributed by atoms with van der Waals surface area (Å²) in [6.45, 7) is 13.9. The molecule has 1 aliphatic heterocycles. The molecule has 0 atom stereocenters. The highest BCUT2D eigenvalue weighted by Gasteiger charge is 2.14.